The van der Waals surface area contributed by atoms with Gasteiger partial charge in [-0.1, -0.05) is 29.8 Å². The number of nitrogens with one attached hydrogen (secondary N) is 1. The molecule has 1 N–H and O–H groups in total. The van der Waals surface area contributed by atoms with Crippen molar-refractivity contribution >= 4 is 15.9 Å². The zero-order chi connectivity index (χ0) is 30.9. The summed E-state index contributed by atoms with van der Waals surface area (Å²) < 4.78 is 66.0. The summed E-state index contributed by atoms with van der Waals surface area (Å²) in [5.41, 5.74) is 1.69. The highest BCUT2D eigenvalue weighted by molar-refractivity contribution is 7.89. The Morgan fingerprint density at radius 1 is 1.07 bits per heavy atom. The molecule has 1 amide bonds. The standard InChI is InChI=1S/C31H40N2O9S/c1-7-33(8-2)30(34)25-22(16-24-28(40-18-38-24)29(25)39-17-37-9-3)21-14-15-23-27(42-31(5,6)41-23)26(21)32-43(35,36)20-12-10-19(4)11-13-20/h10-16,21,23,26-27,32H,7-9,17-18H2,1-6H3. The molecule has 2 aromatic carbocycles. The number of carbonyl (C=O) groups is 1. The molecule has 3 aliphatic rings. The first kappa shape index (κ1) is 31.3. The Bertz CT molecular complexity index is 1470. The largest absolute Gasteiger partial charge is 0.463 e. The van der Waals surface area contributed by atoms with E-state index in [9.17, 15) is 13.2 Å². The maximum Gasteiger partial charge on any atom is 0.258 e. The molecule has 2 aliphatic heterocycles. The average Bonchev–Trinajstić information content (AvgIpc) is 3.56. The quantitative estimate of drug-likeness (QED) is 0.226. The summed E-state index contributed by atoms with van der Waals surface area (Å²) in [7, 11) is -4.01. The second kappa shape index (κ2) is 12.4. The molecule has 1 saturated heterocycles. The van der Waals surface area contributed by atoms with Crippen LogP contribution >= 0.6 is 0 Å². The highest BCUT2D eigenvalue weighted by Crippen LogP contribution is 2.50. The van der Waals surface area contributed by atoms with Crippen LogP contribution in [-0.4, -0.2) is 76.5 Å². The van der Waals surface area contributed by atoms with Gasteiger partial charge in [-0.2, -0.15) is 0 Å². The van der Waals surface area contributed by atoms with Crippen molar-refractivity contribution in [3.05, 3.63) is 59.2 Å². The van der Waals surface area contributed by atoms with Gasteiger partial charge in [0.2, 0.25) is 22.6 Å². The molecule has 4 unspecified atom stereocenters. The third-order valence-corrected chi connectivity index (χ3v) is 9.27. The predicted octanol–water partition coefficient (Wildman–Crippen LogP) is 4.10. The van der Waals surface area contributed by atoms with Gasteiger partial charge in [-0.05, 0) is 65.3 Å². The highest BCUT2D eigenvalue weighted by atomic mass is 32.2. The van der Waals surface area contributed by atoms with Gasteiger partial charge in [0, 0.05) is 25.6 Å². The SMILES string of the molecule is CCOCOc1c2c(cc(C3C=CC4OC(C)(C)OC4C3NS(=O)(=O)c3ccc(C)cc3)c1C(=O)N(CC)CC)OCO2. The molecule has 2 aromatic rings. The van der Waals surface area contributed by atoms with Crippen molar-refractivity contribution in [3.8, 4) is 17.2 Å². The van der Waals surface area contributed by atoms with Crippen LogP contribution in [0.2, 0.25) is 0 Å². The van der Waals surface area contributed by atoms with Gasteiger partial charge in [0.1, 0.15) is 12.2 Å². The Kier molecular flexibility index (Phi) is 9.05. The number of amides is 1. The van der Waals surface area contributed by atoms with E-state index in [-0.39, 0.29) is 35.7 Å². The lowest BCUT2D eigenvalue weighted by Crippen LogP contribution is -2.52. The fourth-order valence-electron chi connectivity index (χ4n) is 5.70. The van der Waals surface area contributed by atoms with Crippen molar-refractivity contribution in [2.45, 2.75) is 76.4 Å². The smallest absolute Gasteiger partial charge is 0.258 e. The molecule has 11 nitrogen and oxygen atoms in total. The van der Waals surface area contributed by atoms with Gasteiger partial charge < -0.3 is 33.3 Å². The Hall–Kier alpha value is -3.16. The van der Waals surface area contributed by atoms with Crippen molar-refractivity contribution in [1.82, 2.24) is 9.62 Å². The molecule has 234 valence electrons. The normalized spacial score (nSPS) is 23.7. The maximum absolute atomic E-state index is 14.2. The van der Waals surface area contributed by atoms with Gasteiger partial charge in [0.15, 0.2) is 24.1 Å². The first-order valence-corrected chi connectivity index (χ1v) is 16.1. The molecule has 1 aliphatic carbocycles. The first-order valence-electron chi connectivity index (χ1n) is 14.6. The number of aryl methyl sites for hydroxylation is 1. The van der Waals surface area contributed by atoms with Crippen LogP contribution in [0.5, 0.6) is 17.2 Å². The van der Waals surface area contributed by atoms with Crippen LogP contribution < -0.4 is 18.9 Å². The van der Waals surface area contributed by atoms with Gasteiger partial charge >= 0.3 is 0 Å². The van der Waals surface area contributed by atoms with E-state index in [4.69, 9.17) is 28.4 Å². The molecule has 0 spiro atoms. The van der Waals surface area contributed by atoms with Gasteiger partial charge in [-0.3, -0.25) is 4.79 Å². The highest BCUT2D eigenvalue weighted by Gasteiger charge is 2.51. The number of hydrogen-bond donors (Lipinski definition) is 1. The van der Waals surface area contributed by atoms with E-state index >= 15 is 0 Å². The number of sulfonamides is 1. The monoisotopic (exact) mass is 616 g/mol. The number of rotatable bonds is 11. The fraction of sp³-hybridized carbons (Fsp3) is 0.516. The summed E-state index contributed by atoms with van der Waals surface area (Å²) in [5, 5.41) is 0. The topological polar surface area (TPSA) is 122 Å². The van der Waals surface area contributed by atoms with Crippen LogP contribution in [0.4, 0.5) is 0 Å². The van der Waals surface area contributed by atoms with Crippen molar-refractivity contribution in [2.24, 2.45) is 0 Å². The Balaban J connectivity index is 1.68. The summed E-state index contributed by atoms with van der Waals surface area (Å²) >= 11 is 0. The van der Waals surface area contributed by atoms with Crippen LogP contribution in [0, 0.1) is 6.92 Å². The molecule has 0 aromatic heterocycles. The summed E-state index contributed by atoms with van der Waals surface area (Å²) in [6.07, 6.45) is 2.51. The first-order chi connectivity index (χ1) is 20.5. The lowest BCUT2D eigenvalue weighted by Gasteiger charge is -2.36. The van der Waals surface area contributed by atoms with Crippen molar-refractivity contribution in [1.29, 1.82) is 0 Å². The van der Waals surface area contributed by atoms with Crippen LogP contribution in [0.25, 0.3) is 0 Å². The van der Waals surface area contributed by atoms with Crippen LogP contribution in [0.3, 0.4) is 0 Å². The Morgan fingerprint density at radius 3 is 2.47 bits per heavy atom. The van der Waals surface area contributed by atoms with Gasteiger partial charge in [-0.15, -0.1) is 0 Å². The van der Waals surface area contributed by atoms with Crippen LogP contribution in [-0.2, 0) is 24.2 Å². The molecule has 12 heteroatoms. The fourth-order valence-corrected chi connectivity index (χ4v) is 6.97. The zero-order valence-corrected chi connectivity index (χ0v) is 26.2. The number of carbonyl (C=O) groups excluding carboxylic acids is 1. The molecule has 2 heterocycles. The molecular formula is C31H40N2O9S. The Labute approximate surface area is 253 Å². The predicted molar refractivity (Wildman–Crippen MR) is 158 cm³/mol. The minimum absolute atomic E-state index is 0.0531. The van der Waals surface area contributed by atoms with E-state index in [1.54, 1.807) is 49.1 Å². The molecule has 0 radical (unpaired) electrons. The second-order valence-corrected chi connectivity index (χ2v) is 12.8. The summed E-state index contributed by atoms with van der Waals surface area (Å²) in [5.74, 6) is -1.04. The number of benzene rings is 2. The minimum atomic E-state index is -4.01. The Morgan fingerprint density at radius 2 is 1.79 bits per heavy atom. The zero-order valence-electron chi connectivity index (χ0n) is 25.4. The molecule has 1 fully saturated rings. The molecule has 5 rings (SSSR count). The molecule has 4 atom stereocenters. The van der Waals surface area contributed by atoms with E-state index in [0.29, 0.717) is 36.8 Å². The van der Waals surface area contributed by atoms with Gasteiger partial charge in [-0.25, -0.2) is 13.1 Å². The molecule has 0 saturated carbocycles. The van der Waals surface area contributed by atoms with Crippen LogP contribution in [0.1, 0.15) is 62.0 Å². The summed E-state index contributed by atoms with van der Waals surface area (Å²) in [6.45, 7) is 12.2. The van der Waals surface area contributed by atoms with Gasteiger partial charge in [0.05, 0.1) is 16.5 Å². The third kappa shape index (κ3) is 6.25. The van der Waals surface area contributed by atoms with E-state index in [1.807, 2.05) is 39.8 Å². The number of nitrogens with zero attached hydrogens (tertiary/aromatic N) is 1. The van der Waals surface area contributed by atoms with E-state index < -0.39 is 40.0 Å². The second-order valence-electron chi connectivity index (χ2n) is 11.1. The molecule has 0 bridgehead atoms. The number of fused-ring (bicyclic) bond motifs is 2. The lowest BCUT2D eigenvalue weighted by atomic mass is 9.80. The summed E-state index contributed by atoms with van der Waals surface area (Å²) in [4.78, 5) is 16.0. The lowest BCUT2D eigenvalue weighted by molar-refractivity contribution is -0.144. The van der Waals surface area contributed by atoms with Crippen LogP contribution in [0.15, 0.2) is 47.4 Å². The van der Waals surface area contributed by atoms with E-state index in [1.165, 1.54) is 0 Å². The number of hydrogen-bond acceptors (Lipinski definition) is 9. The third-order valence-electron chi connectivity index (χ3n) is 7.80. The molecule has 43 heavy (non-hydrogen) atoms. The minimum Gasteiger partial charge on any atom is -0.463 e. The summed E-state index contributed by atoms with van der Waals surface area (Å²) in [6, 6.07) is 7.49. The number of ether oxygens (including phenoxy) is 6. The van der Waals surface area contributed by atoms with Gasteiger partial charge in [0.25, 0.3) is 5.91 Å². The van der Waals surface area contributed by atoms with E-state index in [2.05, 4.69) is 4.72 Å². The maximum atomic E-state index is 14.2. The van der Waals surface area contributed by atoms with Crippen molar-refractivity contribution < 1.29 is 41.6 Å². The van der Waals surface area contributed by atoms with Crippen molar-refractivity contribution in [3.63, 3.8) is 0 Å². The average molecular weight is 617 g/mol. The van der Waals surface area contributed by atoms with E-state index in [0.717, 1.165) is 5.56 Å². The molecular weight excluding hydrogens is 576 g/mol. The van der Waals surface area contributed by atoms with Crippen molar-refractivity contribution in [2.75, 3.05) is 33.3 Å².